The maximum Gasteiger partial charge on any atom is 0.292 e. The van der Waals surface area contributed by atoms with E-state index in [0.717, 1.165) is 18.5 Å². The molecule has 0 aromatic carbocycles. The predicted octanol–water partition coefficient (Wildman–Crippen LogP) is 0.658. The Morgan fingerprint density at radius 1 is 1.15 bits per heavy atom. The number of carbonyl (C=O) groups excluding carboxylic acids is 2. The summed E-state index contributed by atoms with van der Waals surface area (Å²) in [6.07, 6.45) is 2.11. The molecule has 0 N–H and O–H groups in total. The second kappa shape index (κ2) is 6.07. The lowest BCUT2D eigenvalue weighted by Gasteiger charge is -2.44. The average molecular weight is 381 g/mol. The van der Waals surface area contributed by atoms with E-state index in [1.165, 1.54) is 0 Å². The summed E-state index contributed by atoms with van der Waals surface area (Å²) >= 11 is 0. The van der Waals surface area contributed by atoms with E-state index in [-0.39, 0.29) is 35.0 Å². The Morgan fingerprint density at radius 2 is 1.77 bits per heavy atom. The first-order valence-corrected chi connectivity index (χ1v) is 10.9. The number of piperazine rings is 1. The summed E-state index contributed by atoms with van der Waals surface area (Å²) in [4.78, 5) is 28.6. The molecule has 9 heteroatoms. The normalized spacial score (nSPS) is 27.7. The largest absolute Gasteiger partial charge is 0.351 e. The van der Waals surface area contributed by atoms with E-state index in [4.69, 9.17) is 4.52 Å². The van der Waals surface area contributed by atoms with Crippen molar-refractivity contribution in [1.29, 1.82) is 0 Å². The fourth-order valence-corrected chi connectivity index (χ4v) is 5.89. The van der Waals surface area contributed by atoms with Crippen LogP contribution < -0.4 is 0 Å². The minimum atomic E-state index is -3.30. The van der Waals surface area contributed by atoms with Gasteiger partial charge < -0.3 is 14.3 Å². The fourth-order valence-electron chi connectivity index (χ4n) is 3.91. The number of aromatic nitrogens is 1. The van der Waals surface area contributed by atoms with E-state index in [1.54, 1.807) is 29.7 Å². The van der Waals surface area contributed by atoms with Gasteiger partial charge in [-0.2, -0.15) is 0 Å². The van der Waals surface area contributed by atoms with E-state index in [9.17, 15) is 18.0 Å². The lowest BCUT2D eigenvalue weighted by atomic mass is 10.0. The second-order valence-electron chi connectivity index (χ2n) is 7.79. The highest BCUT2D eigenvalue weighted by Gasteiger charge is 2.50. The van der Waals surface area contributed by atoms with Crippen LogP contribution in [0.1, 0.15) is 48.9 Å². The molecule has 2 saturated heterocycles. The Kier molecular flexibility index (Phi) is 4.09. The van der Waals surface area contributed by atoms with Gasteiger partial charge in [-0.1, -0.05) is 19.0 Å². The molecule has 2 aliphatic heterocycles. The van der Waals surface area contributed by atoms with Crippen LogP contribution in [0.25, 0.3) is 0 Å². The Morgan fingerprint density at radius 3 is 2.38 bits per heavy atom. The van der Waals surface area contributed by atoms with Gasteiger partial charge in [0.2, 0.25) is 11.7 Å². The standard InChI is InChI=1S/C17H23N3O5S/c1-10(2)16(21)19-5-6-20(14-9-26(23,24)8-13(14)19)17(22)15-7-12(18-25-15)11-3-4-11/h7,10-11,13-14H,3-6,8-9H2,1-2H3/t13-,14+/m0/s1. The van der Waals surface area contributed by atoms with Gasteiger partial charge in [-0.05, 0) is 12.8 Å². The van der Waals surface area contributed by atoms with Crippen LogP contribution in [-0.4, -0.2) is 71.9 Å². The van der Waals surface area contributed by atoms with Gasteiger partial charge in [0.25, 0.3) is 5.91 Å². The molecule has 3 aliphatic rings. The topological polar surface area (TPSA) is 101 Å². The third kappa shape index (κ3) is 3.02. The van der Waals surface area contributed by atoms with Crippen LogP contribution in [0, 0.1) is 5.92 Å². The van der Waals surface area contributed by atoms with Crippen molar-refractivity contribution in [3.05, 3.63) is 17.5 Å². The summed E-state index contributed by atoms with van der Waals surface area (Å²) in [5, 5.41) is 3.97. The summed E-state index contributed by atoms with van der Waals surface area (Å²) in [7, 11) is -3.30. The minimum Gasteiger partial charge on any atom is -0.351 e. The number of rotatable bonds is 3. The first-order valence-electron chi connectivity index (χ1n) is 9.05. The van der Waals surface area contributed by atoms with E-state index in [1.807, 2.05) is 0 Å². The molecular formula is C17H23N3O5S. The predicted molar refractivity (Wildman–Crippen MR) is 92.3 cm³/mol. The molecule has 1 aromatic rings. The number of hydrogen-bond donors (Lipinski definition) is 0. The summed E-state index contributed by atoms with van der Waals surface area (Å²) < 4.78 is 29.7. The molecule has 142 valence electrons. The molecule has 0 bridgehead atoms. The van der Waals surface area contributed by atoms with Crippen LogP contribution in [-0.2, 0) is 14.6 Å². The van der Waals surface area contributed by atoms with Crippen LogP contribution in [0.4, 0.5) is 0 Å². The molecule has 1 aromatic heterocycles. The van der Waals surface area contributed by atoms with Gasteiger partial charge >= 0.3 is 0 Å². The van der Waals surface area contributed by atoms with Crippen molar-refractivity contribution < 1.29 is 22.5 Å². The van der Waals surface area contributed by atoms with E-state index < -0.39 is 21.9 Å². The SMILES string of the molecule is CC(C)C(=O)N1CCN(C(=O)c2cc(C3CC3)no2)[C@@H]2CS(=O)(=O)C[C@@H]21. The van der Waals surface area contributed by atoms with Crippen molar-refractivity contribution in [2.75, 3.05) is 24.6 Å². The molecule has 1 saturated carbocycles. The van der Waals surface area contributed by atoms with Crippen molar-refractivity contribution in [1.82, 2.24) is 15.0 Å². The average Bonchev–Trinajstić information content (AvgIpc) is 3.21. The highest BCUT2D eigenvalue weighted by Crippen LogP contribution is 2.39. The zero-order valence-corrected chi connectivity index (χ0v) is 15.7. The molecule has 1 aliphatic carbocycles. The van der Waals surface area contributed by atoms with Crippen molar-refractivity contribution >= 4 is 21.7 Å². The molecule has 2 amide bonds. The third-order valence-corrected chi connectivity index (χ3v) is 7.15. The maximum absolute atomic E-state index is 12.9. The van der Waals surface area contributed by atoms with Crippen molar-refractivity contribution in [3.63, 3.8) is 0 Å². The number of amides is 2. The second-order valence-corrected chi connectivity index (χ2v) is 9.94. The number of nitrogens with zero attached hydrogens (tertiary/aromatic N) is 3. The minimum absolute atomic E-state index is 0.0696. The summed E-state index contributed by atoms with van der Waals surface area (Å²) in [6, 6.07) is 0.654. The van der Waals surface area contributed by atoms with Gasteiger partial charge in [-0.15, -0.1) is 0 Å². The Bertz CT molecular complexity index is 842. The number of hydrogen-bond acceptors (Lipinski definition) is 6. The highest BCUT2D eigenvalue weighted by atomic mass is 32.2. The number of carbonyl (C=O) groups is 2. The summed E-state index contributed by atoms with van der Waals surface area (Å²) in [6.45, 7) is 4.23. The quantitative estimate of drug-likeness (QED) is 0.762. The fraction of sp³-hybridized carbons (Fsp3) is 0.706. The molecule has 8 nitrogen and oxygen atoms in total. The molecule has 2 atom stereocenters. The van der Waals surface area contributed by atoms with Gasteiger partial charge in [-0.3, -0.25) is 9.59 Å². The van der Waals surface area contributed by atoms with Crippen molar-refractivity contribution in [3.8, 4) is 0 Å². The van der Waals surface area contributed by atoms with Gasteiger partial charge in [0.15, 0.2) is 9.84 Å². The Labute approximate surface area is 152 Å². The van der Waals surface area contributed by atoms with E-state index in [0.29, 0.717) is 19.0 Å². The first kappa shape index (κ1) is 17.5. The zero-order valence-electron chi connectivity index (χ0n) is 14.9. The molecule has 3 fully saturated rings. The van der Waals surface area contributed by atoms with Crippen molar-refractivity contribution in [2.24, 2.45) is 5.92 Å². The molecule has 26 heavy (non-hydrogen) atoms. The van der Waals surface area contributed by atoms with E-state index >= 15 is 0 Å². The molecule has 0 unspecified atom stereocenters. The van der Waals surface area contributed by atoms with Crippen LogP contribution in [0.3, 0.4) is 0 Å². The van der Waals surface area contributed by atoms with Gasteiger partial charge in [0.1, 0.15) is 0 Å². The summed E-state index contributed by atoms with van der Waals surface area (Å²) in [5.41, 5.74) is 0.789. The monoisotopic (exact) mass is 381 g/mol. The molecule has 4 rings (SSSR count). The van der Waals surface area contributed by atoms with Gasteiger partial charge in [-0.25, -0.2) is 8.42 Å². The van der Waals surface area contributed by atoms with Crippen LogP contribution in [0.5, 0.6) is 0 Å². The van der Waals surface area contributed by atoms with Crippen molar-refractivity contribution in [2.45, 2.75) is 44.7 Å². The van der Waals surface area contributed by atoms with Crippen LogP contribution in [0.2, 0.25) is 0 Å². The smallest absolute Gasteiger partial charge is 0.292 e. The molecule has 0 spiro atoms. The molecular weight excluding hydrogens is 358 g/mol. The number of sulfone groups is 1. The highest BCUT2D eigenvalue weighted by molar-refractivity contribution is 7.91. The lowest BCUT2D eigenvalue weighted by molar-refractivity contribution is -0.139. The van der Waals surface area contributed by atoms with Crippen LogP contribution in [0.15, 0.2) is 10.6 Å². The lowest BCUT2D eigenvalue weighted by Crippen LogP contribution is -2.62. The zero-order chi connectivity index (χ0) is 18.6. The maximum atomic E-state index is 12.9. The number of fused-ring (bicyclic) bond motifs is 1. The van der Waals surface area contributed by atoms with Crippen LogP contribution >= 0.6 is 0 Å². The molecule has 3 heterocycles. The van der Waals surface area contributed by atoms with Gasteiger partial charge in [0.05, 0.1) is 29.3 Å². The van der Waals surface area contributed by atoms with E-state index in [2.05, 4.69) is 5.16 Å². The Hall–Kier alpha value is -1.90. The van der Waals surface area contributed by atoms with Gasteiger partial charge in [0, 0.05) is 31.0 Å². The first-order chi connectivity index (χ1) is 12.3. The molecule has 0 radical (unpaired) electrons. The third-order valence-electron chi connectivity index (χ3n) is 5.45. The Balaban J connectivity index is 1.59. The summed E-state index contributed by atoms with van der Waals surface area (Å²) in [5.74, 6) is -0.304.